The number of aryl methyl sites for hydroxylation is 1. The van der Waals surface area contributed by atoms with Crippen LogP contribution >= 0.6 is 0 Å². The molecule has 7 nitrogen and oxygen atoms in total. The summed E-state index contributed by atoms with van der Waals surface area (Å²) < 4.78 is 5.90. The molecule has 1 saturated heterocycles. The third-order valence-corrected chi connectivity index (χ3v) is 6.27. The van der Waals surface area contributed by atoms with Crippen LogP contribution in [0.5, 0.6) is 5.75 Å². The van der Waals surface area contributed by atoms with E-state index in [0.717, 1.165) is 23.2 Å². The number of aliphatic hydroxyl groups is 1. The fraction of sp³-hybridized carbons (Fsp3) is 0.276. The number of ether oxygens (including phenoxy) is 1. The van der Waals surface area contributed by atoms with Crippen molar-refractivity contribution in [1.29, 1.82) is 0 Å². The van der Waals surface area contributed by atoms with Crippen LogP contribution in [0, 0.1) is 6.92 Å². The molecular weight excluding hydrogens is 454 g/mol. The average molecular weight is 486 g/mol. The molecule has 4 rings (SSSR count). The highest BCUT2D eigenvalue weighted by molar-refractivity contribution is 6.46. The van der Waals surface area contributed by atoms with Gasteiger partial charge in [-0.15, -0.1) is 0 Å². The molecule has 0 bridgehead atoms. The number of pyridine rings is 1. The van der Waals surface area contributed by atoms with Crippen LogP contribution < -0.4 is 4.74 Å². The molecule has 2 aromatic carbocycles. The van der Waals surface area contributed by atoms with Crippen molar-refractivity contribution in [2.24, 2.45) is 0 Å². The van der Waals surface area contributed by atoms with Crippen LogP contribution in [-0.2, 0) is 16.2 Å². The van der Waals surface area contributed by atoms with E-state index in [0.29, 0.717) is 30.9 Å². The molecule has 1 aliphatic rings. The molecule has 1 N–H and O–H groups in total. The van der Waals surface area contributed by atoms with Gasteiger partial charge in [0.15, 0.2) is 0 Å². The molecular formula is C29H31N3O4. The smallest absolute Gasteiger partial charge is 0.295 e. The van der Waals surface area contributed by atoms with Gasteiger partial charge < -0.3 is 19.6 Å². The molecule has 7 heteroatoms. The van der Waals surface area contributed by atoms with Gasteiger partial charge in [-0.2, -0.15) is 0 Å². The third kappa shape index (κ3) is 5.47. The number of hydrogen-bond donors (Lipinski definition) is 1. The highest BCUT2D eigenvalue weighted by Gasteiger charge is 2.45. The fourth-order valence-electron chi connectivity index (χ4n) is 4.44. The molecule has 0 spiro atoms. The van der Waals surface area contributed by atoms with E-state index < -0.39 is 17.7 Å². The summed E-state index contributed by atoms with van der Waals surface area (Å²) in [5.41, 5.74) is 3.11. The summed E-state index contributed by atoms with van der Waals surface area (Å²) >= 11 is 0. The number of amides is 1. The van der Waals surface area contributed by atoms with Crippen molar-refractivity contribution in [3.63, 3.8) is 0 Å². The van der Waals surface area contributed by atoms with Gasteiger partial charge in [0.1, 0.15) is 18.1 Å². The average Bonchev–Trinajstić information content (AvgIpc) is 3.13. The summed E-state index contributed by atoms with van der Waals surface area (Å²) in [6.45, 7) is 3.44. The Morgan fingerprint density at radius 2 is 1.78 bits per heavy atom. The van der Waals surface area contributed by atoms with E-state index in [4.69, 9.17) is 4.74 Å². The number of Topliss-reactive ketones (excluding diaryl/α,β-unsaturated/α-hetero) is 1. The van der Waals surface area contributed by atoms with Crippen molar-refractivity contribution in [1.82, 2.24) is 14.8 Å². The van der Waals surface area contributed by atoms with Gasteiger partial charge in [-0.1, -0.05) is 30.3 Å². The Bertz CT molecular complexity index is 1260. The summed E-state index contributed by atoms with van der Waals surface area (Å²) in [4.78, 5) is 33.9. The quantitative estimate of drug-likeness (QED) is 0.276. The molecule has 186 valence electrons. The Morgan fingerprint density at radius 3 is 2.44 bits per heavy atom. The number of benzene rings is 2. The van der Waals surface area contributed by atoms with E-state index >= 15 is 0 Å². The monoisotopic (exact) mass is 485 g/mol. The standard InChI is InChI=1S/C29H31N3O4/c1-20-18-23(36-19-21-8-5-4-6-9-21)10-11-24(20)27(33)25-26(22-12-14-30-15-13-22)32(29(35)28(25)34)17-7-16-31(2)3/h4-6,8-15,18,26,33H,7,16-17,19H2,1-3H3/b27-25+. The molecule has 3 aromatic rings. The molecule has 1 aromatic heterocycles. The third-order valence-electron chi connectivity index (χ3n) is 6.27. The zero-order valence-corrected chi connectivity index (χ0v) is 20.8. The van der Waals surface area contributed by atoms with Crippen molar-refractivity contribution < 1.29 is 19.4 Å². The molecule has 2 heterocycles. The minimum atomic E-state index is -0.678. The maximum atomic E-state index is 13.2. The number of hydrogen-bond acceptors (Lipinski definition) is 6. The predicted molar refractivity (Wildman–Crippen MR) is 138 cm³/mol. The second-order valence-electron chi connectivity index (χ2n) is 9.18. The molecule has 0 aliphatic carbocycles. The number of aliphatic hydroxyl groups excluding tert-OH is 1. The first kappa shape index (κ1) is 25.1. The number of aromatic nitrogens is 1. The first-order valence-electron chi connectivity index (χ1n) is 12.0. The van der Waals surface area contributed by atoms with Gasteiger partial charge in [-0.25, -0.2) is 0 Å². The van der Waals surface area contributed by atoms with Crippen molar-refractivity contribution in [3.05, 3.63) is 101 Å². The lowest BCUT2D eigenvalue weighted by molar-refractivity contribution is -0.139. The first-order chi connectivity index (χ1) is 17.4. The molecule has 0 saturated carbocycles. The second kappa shape index (κ2) is 11.2. The highest BCUT2D eigenvalue weighted by atomic mass is 16.5. The highest BCUT2D eigenvalue weighted by Crippen LogP contribution is 2.40. The van der Waals surface area contributed by atoms with Gasteiger partial charge in [0.25, 0.3) is 11.7 Å². The number of nitrogens with zero attached hydrogens (tertiary/aromatic N) is 3. The van der Waals surface area contributed by atoms with E-state index in [2.05, 4.69) is 4.98 Å². The second-order valence-corrected chi connectivity index (χ2v) is 9.18. The predicted octanol–water partition coefficient (Wildman–Crippen LogP) is 4.34. The Balaban J connectivity index is 1.66. The Hall–Kier alpha value is -3.97. The van der Waals surface area contributed by atoms with Crippen LogP contribution in [0.1, 0.15) is 34.7 Å². The molecule has 36 heavy (non-hydrogen) atoms. The van der Waals surface area contributed by atoms with Crippen molar-refractivity contribution in [2.45, 2.75) is 26.0 Å². The summed E-state index contributed by atoms with van der Waals surface area (Å²) in [5, 5.41) is 11.4. The molecule has 1 amide bonds. The molecule has 1 fully saturated rings. The number of ketones is 1. The number of likely N-dealkylation sites (tertiary alicyclic amines) is 1. The minimum Gasteiger partial charge on any atom is -0.507 e. The maximum absolute atomic E-state index is 13.2. The van der Waals surface area contributed by atoms with Crippen LogP contribution in [0.15, 0.2) is 78.6 Å². The van der Waals surface area contributed by atoms with E-state index in [1.165, 1.54) is 0 Å². The lowest BCUT2D eigenvalue weighted by Gasteiger charge is -2.26. The Kier molecular flexibility index (Phi) is 7.80. The van der Waals surface area contributed by atoms with Gasteiger partial charge >= 0.3 is 0 Å². The lowest BCUT2D eigenvalue weighted by atomic mass is 9.94. The van der Waals surface area contributed by atoms with E-state index in [9.17, 15) is 14.7 Å². The summed E-state index contributed by atoms with van der Waals surface area (Å²) in [6.07, 6.45) is 3.95. The van der Waals surface area contributed by atoms with Crippen LogP contribution in [0.2, 0.25) is 0 Å². The topological polar surface area (TPSA) is 83.0 Å². The van der Waals surface area contributed by atoms with Crippen LogP contribution in [0.25, 0.3) is 5.76 Å². The Morgan fingerprint density at radius 1 is 1.06 bits per heavy atom. The number of carbonyl (C=O) groups is 2. The largest absolute Gasteiger partial charge is 0.507 e. The van der Waals surface area contributed by atoms with Gasteiger partial charge in [0, 0.05) is 24.5 Å². The molecule has 0 radical (unpaired) electrons. The zero-order valence-electron chi connectivity index (χ0n) is 20.8. The SMILES string of the molecule is Cc1cc(OCc2ccccc2)ccc1/C(O)=C1\C(=O)C(=O)N(CCCN(C)C)C1c1ccncc1. The molecule has 1 aliphatic heterocycles. The molecule has 1 atom stereocenters. The van der Waals surface area contributed by atoms with Crippen molar-refractivity contribution >= 4 is 17.4 Å². The van der Waals surface area contributed by atoms with Gasteiger partial charge in [0.2, 0.25) is 0 Å². The van der Waals surface area contributed by atoms with E-state index in [-0.39, 0.29) is 11.3 Å². The van der Waals surface area contributed by atoms with E-state index in [1.807, 2.05) is 62.3 Å². The van der Waals surface area contributed by atoms with Gasteiger partial charge in [0.05, 0.1) is 11.6 Å². The van der Waals surface area contributed by atoms with Gasteiger partial charge in [-0.05, 0) is 81.0 Å². The van der Waals surface area contributed by atoms with Crippen LogP contribution in [-0.4, -0.2) is 58.8 Å². The molecule has 1 unspecified atom stereocenters. The van der Waals surface area contributed by atoms with Crippen LogP contribution in [0.3, 0.4) is 0 Å². The summed E-state index contributed by atoms with van der Waals surface area (Å²) in [7, 11) is 3.93. The normalized spacial score (nSPS) is 17.1. The van der Waals surface area contributed by atoms with Crippen molar-refractivity contribution in [3.8, 4) is 5.75 Å². The number of carbonyl (C=O) groups excluding carboxylic acids is 2. The lowest BCUT2D eigenvalue weighted by Crippen LogP contribution is -2.32. The van der Waals surface area contributed by atoms with E-state index in [1.54, 1.807) is 41.6 Å². The van der Waals surface area contributed by atoms with Gasteiger partial charge in [-0.3, -0.25) is 14.6 Å². The first-order valence-corrected chi connectivity index (χ1v) is 12.0. The van der Waals surface area contributed by atoms with Crippen molar-refractivity contribution in [2.75, 3.05) is 27.2 Å². The van der Waals surface area contributed by atoms with Crippen LogP contribution in [0.4, 0.5) is 0 Å². The summed E-state index contributed by atoms with van der Waals surface area (Å²) in [6, 6.07) is 18.0. The Labute approximate surface area is 211 Å². The minimum absolute atomic E-state index is 0.0945. The maximum Gasteiger partial charge on any atom is 0.295 e. The number of rotatable bonds is 9. The zero-order chi connectivity index (χ0) is 25.7. The fourth-order valence-corrected chi connectivity index (χ4v) is 4.44. The summed E-state index contributed by atoms with van der Waals surface area (Å²) in [5.74, 6) is -0.805.